The van der Waals surface area contributed by atoms with E-state index in [4.69, 9.17) is 12.6 Å². The summed E-state index contributed by atoms with van der Waals surface area (Å²) >= 11 is 0. The van der Waals surface area contributed by atoms with Crippen molar-refractivity contribution in [1.29, 1.82) is 0 Å². The fraction of sp³-hybridized carbons (Fsp3) is 1.00. The third-order valence-corrected chi connectivity index (χ3v) is 2.34. The van der Waals surface area contributed by atoms with Crippen LogP contribution in [0.3, 0.4) is 0 Å². The average Bonchev–Trinajstić information content (AvgIpc) is 1.89. The molecule has 0 aromatic carbocycles. The Morgan fingerprint density at radius 3 is 2.40 bits per heavy atom. The van der Waals surface area contributed by atoms with Crippen molar-refractivity contribution in [3.05, 3.63) is 0 Å². The minimum absolute atomic E-state index is 0.104. The predicted molar refractivity (Wildman–Crippen MR) is 43.2 cm³/mol. The predicted octanol–water partition coefficient (Wildman–Crippen LogP) is 1.85. The second kappa shape index (κ2) is 3.43. The maximum absolute atomic E-state index is 5.45. The van der Waals surface area contributed by atoms with Crippen LogP contribution >= 0.6 is 0 Å². The lowest BCUT2D eigenvalue weighted by atomic mass is 9.86. The summed E-state index contributed by atoms with van der Waals surface area (Å²) in [7, 11) is 5.32. The van der Waals surface area contributed by atoms with Crippen molar-refractivity contribution in [3.8, 4) is 0 Å². The molecule has 0 amide bonds. The van der Waals surface area contributed by atoms with Gasteiger partial charge in [-0.25, -0.2) is 0 Å². The zero-order chi connectivity index (χ0) is 7.45. The third-order valence-electron chi connectivity index (χ3n) is 2.34. The summed E-state index contributed by atoms with van der Waals surface area (Å²) in [5, 5.41) is 0. The Morgan fingerprint density at radius 1 is 1.30 bits per heavy atom. The van der Waals surface area contributed by atoms with E-state index in [1.165, 1.54) is 32.1 Å². The van der Waals surface area contributed by atoms with Gasteiger partial charge in [0.05, 0.1) is 5.60 Å². The van der Waals surface area contributed by atoms with Crippen LogP contribution in [0.15, 0.2) is 0 Å². The monoisotopic (exact) mass is 138 g/mol. The molecule has 1 nitrogen and oxygen atoms in total. The molecule has 1 aliphatic carbocycles. The van der Waals surface area contributed by atoms with Gasteiger partial charge in [-0.3, -0.25) is 0 Å². The summed E-state index contributed by atoms with van der Waals surface area (Å²) in [6.07, 6.45) is 6.34. The summed E-state index contributed by atoms with van der Waals surface area (Å²) in [6.45, 7) is 2.54. The molecule has 0 aromatic heterocycles. The molecule has 0 spiro atoms. The topological polar surface area (TPSA) is 9.23 Å². The average molecular weight is 138 g/mol. The molecule has 0 heterocycles. The molecule has 10 heavy (non-hydrogen) atoms. The van der Waals surface area contributed by atoms with Gasteiger partial charge in [0.2, 0.25) is 0 Å². The molecule has 1 rings (SSSR count). The van der Waals surface area contributed by atoms with Crippen LogP contribution in [0, 0.1) is 0 Å². The van der Waals surface area contributed by atoms with E-state index in [-0.39, 0.29) is 5.60 Å². The maximum Gasteiger partial charge on any atom is 0.104 e. The van der Waals surface area contributed by atoms with E-state index in [1.807, 2.05) is 0 Å². The van der Waals surface area contributed by atoms with Crippen molar-refractivity contribution < 1.29 is 4.74 Å². The number of hydrogen-bond acceptors (Lipinski definition) is 1. The Labute approximate surface area is 64.6 Å². The van der Waals surface area contributed by atoms with Gasteiger partial charge in [-0.05, 0) is 19.8 Å². The van der Waals surface area contributed by atoms with E-state index in [0.717, 1.165) is 0 Å². The zero-order valence-electron chi connectivity index (χ0n) is 6.73. The molecule has 2 radical (unpaired) electrons. The van der Waals surface area contributed by atoms with Crippen LogP contribution in [0.25, 0.3) is 0 Å². The summed E-state index contributed by atoms with van der Waals surface area (Å²) in [5.41, 5.74) is 0.104. The largest absolute Gasteiger partial charge is 0.385 e. The fourth-order valence-electron chi connectivity index (χ4n) is 1.65. The van der Waals surface area contributed by atoms with Crippen molar-refractivity contribution in [3.63, 3.8) is 0 Å². The highest BCUT2D eigenvalue weighted by Gasteiger charge is 2.26. The molecule has 2 heteroatoms. The van der Waals surface area contributed by atoms with E-state index in [0.29, 0.717) is 6.51 Å². The van der Waals surface area contributed by atoms with Gasteiger partial charge in [-0.15, -0.1) is 0 Å². The summed E-state index contributed by atoms with van der Waals surface area (Å²) in [6, 6.07) is 0. The lowest BCUT2D eigenvalue weighted by Gasteiger charge is -2.33. The second-order valence-corrected chi connectivity index (χ2v) is 3.32. The van der Waals surface area contributed by atoms with Crippen LogP contribution in [0.5, 0.6) is 0 Å². The molecule has 0 atom stereocenters. The normalized spacial score (nSPS) is 24.5. The molecular formula is C8H15BO. The zero-order valence-corrected chi connectivity index (χ0v) is 6.73. The highest BCUT2D eigenvalue weighted by atomic mass is 16.5. The molecule has 56 valence electrons. The molecule has 1 fully saturated rings. The van der Waals surface area contributed by atoms with Gasteiger partial charge in [0.15, 0.2) is 0 Å². The van der Waals surface area contributed by atoms with Gasteiger partial charge in [0.1, 0.15) is 7.85 Å². The number of ether oxygens (including phenoxy) is 1. The Kier molecular flexibility index (Phi) is 2.78. The molecule has 1 aliphatic rings. The first-order chi connectivity index (χ1) is 4.77. The van der Waals surface area contributed by atoms with Gasteiger partial charge in [-0.2, -0.15) is 0 Å². The second-order valence-electron chi connectivity index (χ2n) is 3.32. The Balaban J connectivity index is 2.32. The molecule has 0 aromatic rings. The summed E-state index contributed by atoms with van der Waals surface area (Å²) < 4.78 is 5.45. The smallest absolute Gasteiger partial charge is 0.104 e. The van der Waals surface area contributed by atoms with Crippen LogP contribution < -0.4 is 0 Å². The first kappa shape index (κ1) is 8.12. The highest BCUT2D eigenvalue weighted by Crippen LogP contribution is 2.30. The van der Waals surface area contributed by atoms with Gasteiger partial charge in [-0.1, -0.05) is 19.3 Å². The lowest BCUT2D eigenvalue weighted by molar-refractivity contribution is -0.0340. The van der Waals surface area contributed by atoms with Gasteiger partial charge < -0.3 is 4.74 Å². The van der Waals surface area contributed by atoms with E-state index in [1.54, 1.807) is 0 Å². The van der Waals surface area contributed by atoms with Gasteiger partial charge >= 0.3 is 0 Å². The molecule has 0 unspecified atom stereocenters. The molecular weight excluding hydrogens is 123 g/mol. The van der Waals surface area contributed by atoms with Crippen molar-refractivity contribution in [2.24, 2.45) is 0 Å². The van der Waals surface area contributed by atoms with Crippen LogP contribution in [0.4, 0.5) is 0 Å². The lowest BCUT2D eigenvalue weighted by Crippen LogP contribution is -2.31. The molecule has 0 bridgehead atoms. The molecule has 0 saturated heterocycles. The Hall–Kier alpha value is 0.0249. The van der Waals surface area contributed by atoms with Gasteiger partial charge in [0, 0.05) is 6.51 Å². The summed E-state index contributed by atoms with van der Waals surface area (Å²) in [4.78, 5) is 0. The SMILES string of the molecule is [B]COC1(C)CCCCC1. The van der Waals surface area contributed by atoms with E-state index in [2.05, 4.69) is 6.92 Å². The van der Waals surface area contributed by atoms with E-state index in [9.17, 15) is 0 Å². The number of rotatable bonds is 2. The quantitative estimate of drug-likeness (QED) is 0.529. The maximum atomic E-state index is 5.45. The van der Waals surface area contributed by atoms with Crippen molar-refractivity contribution in [2.75, 3.05) is 6.51 Å². The first-order valence-corrected chi connectivity index (χ1v) is 4.11. The molecule has 0 aliphatic heterocycles. The van der Waals surface area contributed by atoms with Crippen molar-refractivity contribution >= 4 is 7.85 Å². The van der Waals surface area contributed by atoms with Crippen molar-refractivity contribution in [1.82, 2.24) is 0 Å². The standard InChI is InChI=1S/C8H15BO/c1-8(10-7-9)5-3-2-4-6-8/h2-7H2,1H3. The first-order valence-electron chi connectivity index (χ1n) is 4.11. The minimum atomic E-state index is 0.104. The highest BCUT2D eigenvalue weighted by molar-refractivity contribution is 6.08. The summed E-state index contributed by atoms with van der Waals surface area (Å²) in [5.74, 6) is 0. The van der Waals surface area contributed by atoms with E-state index < -0.39 is 0 Å². The fourth-order valence-corrected chi connectivity index (χ4v) is 1.65. The molecule has 0 N–H and O–H groups in total. The molecule has 1 saturated carbocycles. The van der Waals surface area contributed by atoms with E-state index >= 15 is 0 Å². The van der Waals surface area contributed by atoms with Crippen LogP contribution in [-0.4, -0.2) is 20.0 Å². The number of hydrogen-bond donors (Lipinski definition) is 0. The minimum Gasteiger partial charge on any atom is -0.385 e. The third kappa shape index (κ3) is 2.01. The Morgan fingerprint density at radius 2 is 1.90 bits per heavy atom. The van der Waals surface area contributed by atoms with Crippen LogP contribution in [-0.2, 0) is 4.74 Å². The van der Waals surface area contributed by atoms with Crippen LogP contribution in [0.1, 0.15) is 39.0 Å². The van der Waals surface area contributed by atoms with Crippen LogP contribution in [0.2, 0.25) is 0 Å². The van der Waals surface area contributed by atoms with Gasteiger partial charge in [0.25, 0.3) is 0 Å². The van der Waals surface area contributed by atoms with Crippen molar-refractivity contribution in [2.45, 2.75) is 44.6 Å². The Bertz CT molecular complexity index is 91.9.